The summed E-state index contributed by atoms with van der Waals surface area (Å²) < 4.78 is 4.09. The number of aliphatic imine (C=N–C) groups is 1. The van der Waals surface area contributed by atoms with Crippen LogP contribution in [-0.4, -0.2) is 16.4 Å². The fourth-order valence-corrected chi connectivity index (χ4v) is 0.256. The number of nitrogens with zero attached hydrogens (tertiary/aromatic N) is 3. The van der Waals surface area contributed by atoms with Crippen LogP contribution in [0.1, 0.15) is 0 Å². The molecule has 1 rings (SSSR count). The summed E-state index contributed by atoms with van der Waals surface area (Å²) in [5, 5.41) is 6.37. The molecule has 0 aliphatic heterocycles. The predicted molar refractivity (Wildman–Crippen MR) is 22.1 cm³/mol. The van der Waals surface area contributed by atoms with Gasteiger partial charge in [-0.15, -0.1) is 4.99 Å². The molecular weight excluding hydrogens is 110 g/mol. The Labute approximate surface area is 44.0 Å². The maximum absolute atomic E-state index is 9.47. The Kier molecular flexibility index (Phi) is 1.16. The Balaban J connectivity index is 2.93. The summed E-state index contributed by atoms with van der Waals surface area (Å²) in [6.45, 7) is 0. The van der Waals surface area contributed by atoms with Gasteiger partial charge in [-0.2, -0.15) is 0 Å². The molecule has 5 heteroatoms. The van der Waals surface area contributed by atoms with Crippen molar-refractivity contribution in [3.8, 4) is 0 Å². The molecule has 0 atom stereocenters. The number of carbonyl (C=O) groups excluding carboxylic acids is 1. The van der Waals surface area contributed by atoms with Gasteiger partial charge in [0.2, 0.25) is 11.9 Å². The van der Waals surface area contributed by atoms with Crippen LogP contribution in [0, 0.1) is 0 Å². The third-order valence-electron chi connectivity index (χ3n) is 0.510. The summed E-state index contributed by atoms with van der Waals surface area (Å²) in [6.07, 6.45) is 2.50. The first-order valence-corrected chi connectivity index (χ1v) is 1.79. The third-order valence-corrected chi connectivity index (χ3v) is 0.510. The molecule has 1 aromatic heterocycles. The van der Waals surface area contributed by atoms with Crippen LogP contribution in [0.25, 0.3) is 0 Å². The molecule has 0 aromatic carbocycles. The highest BCUT2D eigenvalue weighted by atomic mass is 16.6. The van der Waals surface area contributed by atoms with Gasteiger partial charge in [0.25, 0.3) is 0 Å². The molecule has 0 saturated heterocycles. The second kappa shape index (κ2) is 1.99. The maximum atomic E-state index is 9.47. The molecule has 0 saturated carbocycles. The monoisotopic (exact) mass is 111 g/mol. The van der Waals surface area contributed by atoms with E-state index in [-0.39, 0.29) is 5.82 Å². The van der Waals surface area contributed by atoms with Crippen molar-refractivity contribution in [1.82, 2.24) is 10.3 Å². The number of isocyanates is 1. The lowest BCUT2D eigenvalue weighted by molar-refractivity contribution is 0.308. The highest BCUT2D eigenvalue weighted by Crippen LogP contribution is 1.99. The molecule has 0 bridgehead atoms. The largest absolute Gasteiger partial charge is 0.242 e. The lowest BCUT2D eigenvalue weighted by Gasteiger charge is -1.62. The van der Waals surface area contributed by atoms with Crippen molar-refractivity contribution in [3.05, 3.63) is 6.20 Å². The summed E-state index contributed by atoms with van der Waals surface area (Å²) >= 11 is 0. The van der Waals surface area contributed by atoms with E-state index in [1.165, 1.54) is 12.3 Å². The quantitative estimate of drug-likeness (QED) is 0.379. The van der Waals surface area contributed by atoms with Crippen molar-refractivity contribution in [1.29, 1.82) is 0 Å². The van der Waals surface area contributed by atoms with Crippen molar-refractivity contribution in [2.24, 2.45) is 4.99 Å². The number of aromatic nitrogens is 2. The van der Waals surface area contributed by atoms with Crippen LogP contribution in [0.3, 0.4) is 0 Å². The first-order chi connectivity index (χ1) is 3.93. The van der Waals surface area contributed by atoms with E-state index in [1.54, 1.807) is 0 Å². The van der Waals surface area contributed by atoms with E-state index in [1.807, 2.05) is 0 Å². The molecular formula is C3HN3O2. The van der Waals surface area contributed by atoms with Crippen molar-refractivity contribution < 1.29 is 9.42 Å². The molecule has 0 aliphatic carbocycles. The summed E-state index contributed by atoms with van der Waals surface area (Å²) in [7, 11) is 0. The van der Waals surface area contributed by atoms with Crippen LogP contribution in [0.2, 0.25) is 0 Å². The molecule has 0 spiro atoms. The Morgan fingerprint density at radius 3 is 3.25 bits per heavy atom. The number of hydrogen-bond acceptors (Lipinski definition) is 5. The topological polar surface area (TPSA) is 68.3 Å². The van der Waals surface area contributed by atoms with Crippen LogP contribution in [0.15, 0.2) is 15.8 Å². The zero-order valence-corrected chi connectivity index (χ0v) is 3.74. The maximum Gasteiger partial charge on any atom is 0.242 e. The average molecular weight is 111 g/mol. The van der Waals surface area contributed by atoms with Gasteiger partial charge in [0.05, 0.1) is 0 Å². The van der Waals surface area contributed by atoms with E-state index < -0.39 is 0 Å². The molecule has 0 aliphatic rings. The van der Waals surface area contributed by atoms with E-state index in [9.17, 15) is 4.79 Å². The molecule has 5 nitrogen and oxygen atoms in total. The zero-order valence-electron chi connectivity index (χ0n) is 3.74. The van der Waals surface area contributed by atoms with Crippen LogP contribution in [-0.2, 0) is 4.79 Å². The normalized spacial score (nSPS) is 8.00. The number of rotatable bonds is 1. The molecule has 8 heavy (non-hydrogen) atoms. The van der Waals surface area contributed by atoms with Gasteiger partial charge in [0, 0.05) is 0 Å². The van der Waals surface area contributed by atoms with Crippen LogP contribution in [0.4, 0.5) is 5.82 Å². The second-order valence-electron chi connectivity index (χ2n) is 0.969. The van der Waals surface area contributed by atoms with Crippen molar-refractivity contribution in [2.45, 2.75) is 0 Å². The Morgan fingerprint density at radius 1 is 1.88 bits per heavy atom. The van der Waals surface area contributed by atoms with Gasteiger partial charge in [-0.1, -0.05) is 5.16 Å². The van der Waals surface area contributed by atoms with Crippen molar-refractivity contribution >= 4 is 11.9 Å². The third kappa shape index (κ3) is 0.772. The summed E-state index contributed by atoms with van der Waals surface area (Å²) in [5.41, 5.74) is 0. The SMILES string of the molecule is O=C=Nc1cnon1. The van der Waals surface area contributed by atoms with Gasteiger partial charge < -0.3 is 0 Å². The molecule has 0 fully saturated rings. The minimum Gasteiger partial charge on any atom is -0.242 e. The van der Waals surface area contributed by atoms with E-state index in [0.717, 1.165) is 0 Å². The summed E-state index contributed by atoms with van der Waals surface area (Å²) in [6, 6.07) is 0. The van der Waals surface area contributed by atoms with Gasteiger partial charge in [-0.3, -0.25) is 0 Å². The summed E-state index contributed by atoms with van der Waals surface area (Å²) in [5.74, 6) is 0.139. The molecule has 0 radical (unpaired) electrons. The van der Waals surface area contributed by atoms with E-state index >= 15 is 0 Å². The molecule has 0 unspecified atom stereocenters. The van der Waals surface area contributed by atoms with Crippen LogP contribution >= 0.6 is 0 Å². The van der Waals surface area contributed by atoms with E-state index in [0.29, 0.717) is 0 Å². The smallest absolute Gasteiger partial charge is 0.242 e. The molecule has 1 aromatic rings. The van der Waals surface area contributed by atoms with E-state index in [2.05, 4.69) is 19.9 Å². The average Bonchev–Trinajstić information content (AvgIpc) is 2.19. The lowest BCUT2D eigenvalue weighted by Crippen LogP contribution is -1.55. The fraction of sp³-hybridized carbons (Fsp3) is 0. The molecule has 40 valence electrons. The first kappa shape index (κ1) is 4.67. The Morgan fingerprint density at radius 2 is 2.75 bits per heavy atom. The lowest BCUT2D eigenvalue weighted by atomic mass is 10.8. The Hall–Kier alpha value is -1.48. The van der Waals surface area contributed by atoms with Gasteiger partial charge in [0.15, 0.2) is 0 Å². The van der Waals surface area contributed by atoms with Gasteiger partial charge >= 0.3 is 0 Å². The second-order valence-corrected chi connectivity index (χ2v) is 0.969. The van der Waals surface area contributed by atoms with Crippen LogP contribution in [0.5, 0.6) is 0 Å². The van der Waals surface area contributed by atoms with Gasteiger partial charge in [-0.05, 0) is 5.16 Å². The molecule has 0 N–H and O–H groups in total. The minimum absolute atomic E-state index is 0.139. The highest BCUT2D eigenvalue weighted by molar-refractivity contribution is 5.42. The first-order valence-electron chi connectivity index (χ1n) is 1.79. The Bertz CT molecular complexity index is 198. The fourth-order valence-electron chi connectivity index (χ4n) is 0.256. The standard InChI is InChI=1S/C3HN3O2/c7-2-4-3-1-5-8-6-3/h1H. The highest BCUT2D eigenvalue weighted by Gasteiger charge is 1.88. The molecule has 1 heterocycles. The molecule has 0 amide bonds. The van der Waals surface area contributed by atoms with Crippen molar-refractivity contribution in [3.63, 3.8) is 0 Å². The van der Waals surface area contributed by atoms with Crippen LogP contribution < -0.4 is 0 Å². The predicted octanol–water partition coefficient (Wildman–Crippen LogP) is 0.0369. The minimum atomic E-state index is 0.139. The zero-order chi connectivity index (χ0) is 5.82. The van der Waals surface area contributed by atoms with Gasteiger partial charge in [0.1, 0.15) is 6.20 Å². The van der Waals surface area contributed by atoms with E-state index in [4.69, 9.17) is 0 Å². The summed E-state index contributed by atoms with van der Waals surface area (Å²) in [4.78, 5) is 12.6. The number of hydrogen-bond donors (Lipinski definition) is 0. The van der Waals surface area contributed by atoms with Gasteiger partial charge in [-0.25, -0.2) is 9.42 Å². The van der Waals surface area contributed by atoms with Crippen molar-refractivity contribution in [2.75, 3.05) is 0 Å².